The Morgan fingerprint density at radius 1 is 1.00 bits per heavy atom. The number of carbonyl (C=O) groups is 2. The lowest BCUT2D eigenvalue weighted by Crippen LogP contribution is -2.29. The van der Waals surface area contributed by atoms with Gasteiger partial charge in [0.2, 0.25) is 0 Å². The van der Waals surface area contributed by atoms with Gasteiger partial charge in [-0.15, -0.1) is 0 Å². The minimum absolute atomic E-state index is 0.0209. The van der Waals surface area contributed by atoms with Gasteiger partial charge in [0, 0.05) is 11.3 Å². The predicted octanol–water partition coefficient (Wildman–Crippen LogP) is 5.39. The van der Waals surface area contributed by atoms with Crippen LogP contribution >= 0.6 is 0 Å². The quantitative estimate of drug-likeness (QED) is 0.325. The van der Waals surface area contributed by atoms with Crippen LogP contribution in [0.5, 0.6) is 5.75 Å². The molecule has 1 amide bonds. The van der Waals surface area contributed by atoms with Gasteiger partial charge in [-0.2, -0.15) is 0 Å². The number of aliphatic hydroxyl groups is 1. The van der Waals surface area contributed by atoms with Gasteiger partial charge in [0.1, 0.15) is 17.3 Å². The molecule has 0 bridgehead atoms. The Hall–Kier alpha value is -3.93. The van der Waals surface area contributed by atoms with Crippen LogP contribution in [-0.4, -0.2) is 23.4 Å². The second-order valence-corrected chi connectivity index (χ2v) is 8.84. The summed E-state index contributed by atoms with van der Waals surface area (Å²) in [6.07, 6.45) is 1.67. The molecule has 2 heterocycles. The number of rotatable bonds is 3. The van der Waals surface area contributed by atoms with Crippen LogP contribution in [0.3, 0.4) is 0 Å². The van der Waals surface area contributed by atoms with E-state index in [-0.39, 0.29) is 11.3 Å². The van der Waals surface area contributed by atoms with Crippen molar-refractivity contribution in [1.82, 2.24) is 0 Å². The first-order valence-electron chi connectivity index (χ1n) is 11.2. The van der Waals surface area contributed by atoms with Crippen molar-refractivity contribution >= 4 is 23.1 Å². The van der Waals surface area contributed by atoms with E-state index in [1.54, 1.807) is 18.2 Å². The number of benzene rings is 3. The number of aryl methyl sites for hydroxylation is 3. The monoisotopic (exact) mass is 457 g/mol. The highest BCUT2D eigenvalue weighted by Crippen LogP contribution is 2.43. The van der Waals surface area contributed by atoms with Crippen LogP contribution in [0.4, 0.5) is 10.1 Å². The molecule has 1 N–H and O–H groups in total. The number of hydrogen-bond donors (Lipinski definition) is 1. The first kappa shape index (κ1) is 21.9. The second-order valence-electron chi connectivity index (χ2n) is 8.84. The maximum absolute atomic E-state index is 13.7. The van der Waals surface area contributed by atoms with Crippen molar-refractivity contribution in [2.45, 2.75) is 32.7 Å². The van der Waals surface area contributed by atoms with Gasteiger partial charge in [-0.05, 0) is 91.4 Å². The molecule has 2 aliphatic rings. The fourth-order valence-electron chi connectivity index (χ4n) is 4.81. The van der Waals surface area contributed by atoms with Crippen molar-refractivity contribution < 1.29 is 23.8 Å². The number of amides is 1. The minimum atomic E-state index is -0.894. The van der Waals surface area contributed by atoms with Crippen LogP contribution in [0.2, 0.25) is 0 Å². The molecular weight excluding hydrogens is 433 g/mol. The molecule has 34 heavy (non-hydrogen) atoms. The summed E-state index contributed by atoms with van der Waals surface area (Å²) in [6, 6.07) is 15.6. The Balaban J connectivity index is 1.71. The number of halogens is 1. The molecule has 0 saturated carbocycles. The Kier molecular flexibility index (Phi) is 5.44. The second kappa shape index (κ2) is 8.45. The third kappa shape index (κ3) is 3.75. The van der Waals surface area contributed by atoms with Gasteiger partial charge in [0.15, 0.2) is 0 Å². The van der Waals surface area contributed by atoms with Gasteiger partial charge in [-0.1, -0.05) is 18.2 Å². The number of carbonyl (C=O) groups excluding carboxylic acids is 2. The molecule has 5 rings (SSSR count). The third-order valence-electron chi connectivity index (χ3n) is 6.30. The summed E-state index contributed by atoms with van der Waals surface area (Å²) in [5, 5.41) is 11.3. The average Bonchev–Trinajstić information content (AvgIpc) is 3.08. The first-order valence-corrected chi connectivity index (χ1v) is 11.2. The van der Waals surface area contributed by atoms with Crippen molar-refractivity contribution in [3.63, 3.8) is 0 Å². The number of hydrogen-bond acceptors (Lipinski definition) is 4. The zero-order valence-electron chi connectivity index (χ0n) is 19.0. The van der Waals surface area contributed by atoms with Crippen LogP contribution in [0.15, 0.2) is 66.2 Å². The summed E-state index contributed by atoms with van der Waals surface area (Å²) in [4.78, 5) is 28.0. The van der Waals surface area contributed by atoms with E-state index in [2.05, 4.69) is 0 Å². The van der Waals surface area contributed by atoms with Gasteiger partial charge in [0.05, 0.1) is 18.2 Å². The van der Waals surface area contributed by atoms with Crippen molar-refractivity contribution in [2.24, 2.45) is 0 Å². The van der Waals surface area contributed by atoms with Crippen molar-refractivity contribution in [3.8, 4) is 5.75 Å². The molecule has 172 valence electrons. The van der Waals surface area contributed by atoms with E-state index < -0.39 is 23.5 Å². The van der Waals surface area contributed by atoms with E-state index in [9.17, 15) is 19.1 Å². The number of aliphatic hydroxyl groups excluding tert-OH is 1. The highest BCUT2D eigenvalue weighted by atomic mass is 19.1. The Morgan fingerprint density at radius 2 is 1.71 bits per heavy atom. The Bertz CT molecular complexity index is 1320. The highest BCUT2D eigenvalue weighted by Gasteiger charge is 2.47. The molecule has 3 aromatic rings. The minimum Gasteiger partial charge on any atom is -0.507 e. The number of anilines is 1. The number of ether oxygens (including phenoxy) is 1. The van der Waals surface area contributed by atoms with Gasteiger partial charge >= 0.3 is 0 Å². The van der Waals surface area contributed by atoms with Crippen molar-refractivity contribution in [2.75, 3.05) is 11.5 Å². The summed E-state index contributed by atoms with van der Waals surface area (Å²) in [6.45, 7) is 4.47. The summed E-state index contributed by atoms with van der Waals surface area (Å²) >= 11 is 0. The summed E-state index contributed by atoms with van der Waals surface area (Å²) in [7, 11) is 0. The summed E-state index contributed by atoms with van der Waals surface area (Å²) in [5.41, 5.74) is 4.31. The SMILES string of the molecule is Cc1cc(C)cc(N2C(=O)C(=O)/C(=C(\O)c3ccc4c(c3)CCCO4)C2c2ccc(F)cc2)c1. The van der Waals surface area contributed by atoms with Crippen LogP contribution in [0, 0.1) is 19.7 Å². The molecule has 1 atom stereocenters. The van der Waals surface area contributed by atoms with Gasteiger partial charge in [0.25, 0.3) is 11.7 Å². The largest absolute Gasteiger partial charge is 0.507 e. The Labute approximate surface area is 197 Å². The fourth-order valence-corrected chi connectivity index (χ4v) is 4.81. The number of ketones is 1. The first-order chi connectivity index (χ1) is 16.3. The van der Waals surface area contributed by atoms with E-state index in [1.165, 1.54) is 29.2 Å². The lowest BCUT2D eigenvalue weighted by Gasteiger charge is -2.26. The standard InChI is InChI=1S/C28H24FNO4/c1-16-12-17(2)14-22(13-16)30-25(18-5-8-21(29)9-6-18)24(27(32)28(30)33)26(31)20-7-10-23-19(15-20)4-3-11-34-23/h5-10,12-15,25,31H,3-4,11H2,1-2H3/b26-24-. The van der Waals surface area contributed by atoms with Gasteiger partial charge < -0.3 is 9.84 Å². The maximum Gasteiger partial charge on any atom is 0.300 e. The molecule has 1 saturated heterocycles. The normalized spacial score (nSPS) is 19.1. The molecule has 0 aliphatic carbocycles. The number of nitrogens with zero attached hydrogens (tertiary/aromatic N) is 1. The molecular formula is C28H24FNO4. The van der Waals surface area contributed by atoms with Crippen LogP contribution in [-0.2, 0) is 16.0 Å². The van der Waals surface area contributed by atoms with E-state index in [0.29, 0.717) is 23.4 Å². The van der Waals surface area contributed by atoms with E-state index in [0.717, 1.165) is 35.3 Å². The molecule has 2 aliphatic heterocycles. The van der Waals surface area contributed by atoms with E-state index in [1.807, 2.05) is 32.0 Å². The highest BCUT2D eigenvalue weighted by molar-refractivity contribution is 6.51. The fraction of sp³-hybridized carbons (Fsp3) is 0.214. The summed E-state index contributed by atoms with van der Waals surface area (Å²) < 4.78 is 19.4. The Morgan fingerprint density at radius 3 is 2.41 bits per heavy atom. The van der Waals surface area contributed by atoms with Crippen LogP contribution in [0.25, 0.3) is 5.76 Å². The zero-order valence-corrected chi connectivity index (χ0v) is 19.0. The van der Waals surface area contributed by atoms with Crippen LogP contribution < -0.4 is 9.64 Å². The molecule has 6 heteroatoms. The lowest BCUT2D eigenvalue weighted by molar-refractivity contribution is -0.132. The summed E-state index contributed by atoms with van der Waals surface area (Å²) in [5.74, 6) is -1.44. The van der Waals surface area contributed by atoms with Gasteiger partial charge in [-0.3, -0.25) is 14.5 Å². The third-order valence-corrected chi connectivity index (χ3v) is 6.30. The molecule has 0 aromatic heterocycles. The van der Waals surface area contributed by atoms with E-state index in [4.69, 9.17) is 4.74 Å². The van der Waals surface area contributed by atoms with Crippen molar-refractivity contribution in [1.29, 1.82) is 0 Å². The molecule has 5 nitrogen and oxygen atoms in total. The zero-order chi connectivity index (χ0) is 24.0. The smallest absolute Gasteiger partial charge is 0.300 e. The predicted molar refractivity (Wildman–Crippen MR) is 127 cm³/mol. The topological polar surface area (TPSA) is 66.8 Å². The van der Waals surface area contributed by atoms with E-state index >= 15 is 0 Å². The average molecular weight is 458 g/mol. The number of fused-ring (bicyclic) bond motifs is 1. The molecule has 1 fully saturated rings. The lowest BCUT2D eigenvalue weighted by atomic mass is 9.93. The van der Waals surface area contributed by atoms with Crippen molar-refractivity contribution in [3.05, 3.63) is 99.9 Å². The molecule has 1 unspecified atom stereocenters. The van der Waals surface area contributed by atoms with Gasteiger partial charge in [-0.25, -0.2) is 4.39 Å². The maximum atomic E-state index is 13.7. The molecule has 0 spiro atoms. The van der Waals surface area contributed by atoms with Crippen LogP contribution in [0.1, 0.15) is 40.3 Å². The molecule has 0 radical (unpaired) electrons. The number of Topliss-reactive ketones (excluding diaryl/α,β-unsaturated/α-hetero) is 1. The molecule has 3 aromatic carbocycles.